The minimum atomic E-state index is 0.412. The lowest BCUT2D eigenvalue weighted by Crippen LogP contribution is -1.94. The number of nitrogens with zero attached hydrogens (tertiary/aromatic N) is 4. The second-order valence-electron chi connectivity index (χ2n) is 3.42. The number of thioether (sulfide) groups is 1. The van der Waals surface area contributed by atoms with Crippen molar-refractivity contribution < 1.29 is 0 Å². The maximum Gasteiger partial charge on any atom is 0.265 e. The van der Waals surface area contributed by atoms with E-state index >= 15 is 0 Å². The number of H-pyrrole nitrogens is 1. The molecule has 0 amide bonds. The Morgan fingerprint density at radius 3 is 2.67 bits per heavy atom. The van der Waals surface area contributed by atoms with Gasteiger partial charge in [0.05, 0.1) is 5.69 Å². The van der Waals surface area contributed by atoms with Crippen LogP contribution in [-0.2, 0) is 0 Å². The van der Waals surface area contributed by atoms with Crippen LogP contribution in [0.3, 0.4) is 0 Å². The van der Waals surface area contributed by atoms with Gasteiger partial charge in [-0.2, -0.15) is 4.98 Å². The summed E-state index contributed by atoms with van der Waals surface area (Å²) in [5.74, 6) is 0.412. The van der Waals surface area contributed by atoms with Gasteiger partial charge in [-0.1, -0.05) is 11.8 Å². The predicted octanol–water partition coefficient (Wildman–Crippen LogP) is 3.37. The summed E-state index contributed by atoms with van der Waals surface area (Å²) in [4.78, 5) is 4.11. The molecule has 0 spiro atoms. The number of benzene rings is 1. The molecule has 18 heavy (non-hydrogen) atoms. The minimum Gasteiger partial charge on any atom is -0.385 e. The first-order chi connectivity index (χ1) is 8.81. The van der Waals surface area contributed by atoms with E-state index in [1.807, 2.05) is 30.5 Å². The number of hydrogen-bond donors (Lipinski definition) is 2. The Bertz CT molecular complexity index is 519. The fourth-order valence-electron chi connectivity index (χ4n) is 1.33. The summed E-state index contributed by atoms with van der Waals surface area (Å²) in [6, 6.07) is 7.72. The molecule has 0 atom stereocenters. The summed E-state index contributed by atoms with van der Waals surface area (Å²) in [5.41, 5.74) is 1.85. The maximum atomic E-state index is 4.11. The van der Waals surface area contributed by atoms with Crippen LogP contribution in [0.1, 0.15) is 6.92 Å². The standard InChI is InChI=1S/C11H14N6S/c1-3-12-8-4-6-9(7-5-8)14-15-10-13-11(18-2)17-16-10/h4-7,12H,3H2,1-2H3,(H,13,16,17). The van der Waals surface area contributed by atoms with Crippen LogP contribution in [0.4, 0.5) is 17.3 Å². The first-order valence-electron chi connectivity index (χ1n) is 5.54. The lowest BCUT2D eigenvalue weighted by molar-refractivity contribution is 0.974. The molecule has 6 nitrogen and oxygen atoms in total. The Kier molecular flexibility index (Phi) is 4.30. The fraction of sp³-hybridized carbons (Fsp3) is 0.273. The van der Waals surface area contributed by atoms with Gasteiger partial charge in [-0.05, 0) is 37.4 Å². The minimum absolute atomic E-state index is 0.412. The molecule has 2 N–H and O–H groups in total. The average molecular weight is 262 g/mol. The number of anilines is 1. The van der Waals surface area contributed by atoms with Crippen molar-refractivity contribution in [3.05, 3.63) is 24.3 Å². The van der Waals surface area contributed by atoms with Crippen LogP contribution in [-0.4, -0.2) is 28.0 Å². The van der Waals surface area contributed by atoms with E-state index in [0.29, 0.717) is 11.1 Å². The van der Waals surface area contributed by atoms with E-state index < -0.39 is 0 Å². The highest BCUT2D eigenvalue weighted by Gasteiger charge is 1.99. The smallest absolute Gasteiger partial charge is 0.265 e. The van der Waals surface area contributed by atoms with Crippen molar-refractivity contribution in [1.29, 1.82) is 0 Å². The zero-order valence-electron chi connectivity index (χ0n) is 10.2. The summed E-state index contributed by atoms with van der Waals surface area (Å²) in [6.07, 6.45) is 1.91. The highest BCUT2D eigenvalue weighted by Crippen LogP contribution is 2.19. The summed E-state index contributed by atoms with van der Waals surface area (Å²) < 4.78 is 0. The maximum absolute atomic E-state index is 4.11. The van der Waals surface area contributed by atoms with Crippen LogP contribution in [0.5, 0.6) is 0 Å². The normalized spacial score (nSPS) is 11.0. The van der Waals surface area contributed by atoms with Crippen molar-refractivity contribution in [3.63, 3.8) is 0 Å². The van der Waals surface area contributed by atoms with E-state index in [0.717, 1.165) is 17.9 Å². The van der Waals surface area contributed by atoms with E-state index in [-0.39, 0.29) is 0 Å². The number of aromatic nitrogens is 3. The number of nitrogens with one attached hydrogen (secondary N) is 2. The Labute approximate surface area is 109 Å². The Morgan fingerprint density at radius 2 is 2.06 bits per heavy atom. The highest BCUT2D eigenvalue weighted by molar-refractivity contribution is 7.98. The van der Waals surface area contributed by atoms with Gasteiger partial charge in [-0.25, -0.2) is 5.10 Å². The second-order valence-corrected chi connectivity index (χ2v) is 4.20. The quantitative estimate of drug-likeness (QED) is 0.639. The van der Waals surface area contributed by atoms with Crippen LogP contribution in [0, 0.1) is 0 Å². The molecule has 1 heterocycles. The van der Waals surface area contributed by atoms with Gasteiger partial charge in [0.1, 0.15) is 0 Å². The van der Waals surface area contributed by atoms with Crippen LogP contribution in [0.15, 0.2) is 39.7 Å². The molecule has 0 radical (unpaired) electrons. The Balaban J connectivity index is 2.04. The summed E-state index contributed by atoms with van der Waals surface area (Å²) in [5, 5.41) is 18.6. The number of azo groups is 1. The molecule has 1 aromatic heterocycles. The average Bonchev–Trinajstić information content (AvgIpc) is 2.86. The fourth-order valence-corrected chi connectivity index (χ4v) is 1.64. The van der Waals surface area contributed by atoms with Crippen LogP contribution < -0.4 is 5.32 Å². The summed E-state index contributed by atoms with van der Waals surface area (Å²) >= 11 is 1.46. The predicted molar refractivity (Wildman–Crippen MR) is 72.9 cm³/mol. The molecule has 0 aliphatic rings. The lowest BCUT2D eigenvalue weighted by atomic mass is 10.3. The summed E-state index contributed by atoms with van der Waals surface area (Å²) in [6.45, 7) is 2.96. The van der Waals surface area contributed by atoms with Crippen molar-refractivity contribution >= 4 is 29.1 Å². The molecule has 0 saturated carbocycles. The molecule has 94 valence electrons. The van der Waals surface area contributed by atoms with Crippen molar-refractivity contribution in [2.75, 3.05) is 18.1 Å². The zero-order chi connectivity index (χ0) is 12.8. The Morgan fingerprint density at radius 1 is 1.28 bits per heavy atom. The van der Waals surface area contributed by atoms with Crippen molar-refractivity contribution in [1.82, 2.24) is 15.2 Å². The summed E-state index contributed by atoms with van der Waals surface area (Å²) in [7, 11) is 0. The molecule has 0 aliphatic heterocycles. The molecule has 0 unspecified atom stereocenters. The molecule has 2 aromatic rings. The molecule has 1 aromatic carbocycles. The molecule has 0 bridgehead atoms. The monoisotopic (exact) mass is 262 g/mol. The molecule has 0 fully saturated rings. The van der Waals surface area contributed by atoms with E-state index in [9.17, 15) is 0 Å². The van der Waals surface area contributed by atoms with Gasteiger partial charge in [0.25, 0.3) is 5.95 Å². The van der Waals surface area contributed by atoms with Gasteiger partial charge >= 0.3 is 0 Å². The third-order valence-corrected chi connectivity index (χ3v) is 2.69. The SMILES string of the molecule is CCNc1ccc(N=Nc2nc(SC)n[nH]2)cc1. The van der Waals surface area contributed by atoms with Gasteiger partial charge in [0, 0.05) is 12.2 Å². The zero-order valence-corrected chi connectivity index (χ0v) is 11.0. The van der Waals surface area contributed by atoms with Gasteiger partial charge in [0.2, 0.25) is 5.16 Å². The van der Waals surface area contributed by atoms with Crippen LogP contribution in [0.2, 0.25) is 0 Å². The van der Waals surface area contributed by atoms with Crippen molar-refractivity contribution in [2.24, 2.45) is 10.2 Å². The Hall–Kier alpha value is -1.89. The largest absolute Gasteiger partial charge is 0.385 e. The van der Waals surface area contributed by atoms with Gasteiger partial charge in [-0.3, -0.25) is 0 Å². The first kappa shape index (κ1) is 12.6. The third-order valence-electron chi connectivity index (χ3n) is 2.14. The van der Waals surface area contributed by atoms with E-state index in [1.165, 1.54) is 11.8 Å². The van der Waals surface area contributed by atoms with Crippen molar-refractivity contribution in [3.8, 4) is 0 Å². The molecule has 0 aliphatic carbocycles. The van der Waals surface area contributed by atoms with Gasteiger partial charge in [0.15, 0.2) is 0 Å². The number of rotatable bonds is 5. The molecule has 7 heteroatoms. The van der Waals surface area contributed by atoms with E-state index in [1.54, 1.807) is 0 Å². The van der Waals surface area contributed by atoms with Crippen LogP contribution in [0.25, 0.3) is 0 Å². The molecular formula is C11H14N6S. The van der Waals surface area contributed by atoms with Gasteiger partial charge < -0.3 is 5.32 Å². The second kappa shape index (κ2) is 6.15. The van der Waals surface area contributed by atoms with Crippen molar-refractivity contribution in [2.45, 2.75) is 12.1 Å². The molecule has 0 saturated heterocycles. The van der Waals surface area contributed by atoms with Gasteiger partial charge in [-0.15, -0.1) is 15.3 Å². The highest BCUT2D eigenvalue weighted by atomic mass is 32.2. The third kappa shape index (κ3) is 3.30. The van der Waals surface area contributed by atoms with E-state index in [4.69, 9.17) is 0 Å². The molecular weight excluding hydrogens is 248 g/mol. The molecule has 2 rings (SSSR count). The van der Waals surface area contributed by atoms with Crippen LogP contribution >= 0.6 is 11.8 Å². The van der Waals surface area contributed by atoms with E-state index in [2.05, 4.69) is 37.7 Å². The topological polar surface area (TPSA) is 78.3 Å². The number of hydrogen-bond acceptors (Lipinski definition) is 6. The lowest BCUT2D eigenvalue weighted by Gasteiger charge is -2.01. The first-order valence-corrected chi connectivity index (χ1v) is 6.76. The number of aromatic amines is 1.